The van der Waals surface area contributed by atoms with E-state index in [2.05, 4.69) is 46.8 Å². The van der Waals surface area contributed by atoms with E-state index in [1.165, 1.54) is 11.1 Å². The van der Waals surface area contributed by atoms with E-state index in [9.17, 15) is 4.79 Å². The van der Waals surface area contributed by atoms with E-state index in [0.717, 1.165) is 36.0 Å². The Bertz CT molecular complexity index is 789. The predicted octanol–water partition coefficient (Wildman–Crippen LogP) is 3.99. The number of hydrogen-bond donors (Lipinski definition) is 1. The highest BCUT2D eigenvalue weighted by atomic mass is 16.3. The molecule has 2 aromatic rings. The zero-order valence-electron chi connectivity index (χ0n) is 16.1. The molecule has 1 atom stereocenters. The van der Waals surface area contributed by atoms with Gasteiger partial charge in [-0.25, -0.2) is 0 Å². The van der Waals surface area contributed by atoms with Gasteiger partial charge in [0.2, 0.25) is 5.91 Å². The van der Waals surface area contributed by atoms with Crippen molar-refractivity contribution in [3.05, 3.63) is 35.1 Å². The molecule has 3 rings (SSSR count). The number of nitrogens with two attached hydrogens (primary N) is 1. The molecule has 1 aliphatic heterocycles. The summed E-state index contributed by atoms with van der Waals surface area (Å²) in [6.07, 6.45) is 2.99. The topological polar surface area (TPSA) is 59.5 Å². The van der Waals surface area contributed by atoms with Crippen molar-refractivity contribution in [2.75, 3.05) is 13.1 Å². The van der Waals surface area contributed by atoms with Crippen molar-refractivity contribution in [2.24, 2.45) is 11.1 Å². The SMILES string of the molecule is Cc1cc2occ(CC(=O)N3CCC(N)C(C)(C)C3)c2cc1C(C)C. The Morgan fingerprint density at radius 2 is 2.12 bits per heavy atom. The third-order valence-electron chi connectivity index (χ3n) is 5.67. The zero-order chi connectivity index (χ0) is 18.4. The molecule has 1 amide bonds. The van der Waals surface area contributed by atoms with Gasteiger partial charge in [-0.2, -0.15) is 0 Å². The van der Waals surface area contributed by atoms with Gasteiger partial charge in [0.25, 0.3) is 0 Å². The number of carbonyl (C=O) groups excluding carboxylic acids is 1. The molecule has 1 unspecified atom stereocenters. The first-order valence-corrected chi connectivity index (χ1v) is 9.23. The van der Waals surface area contributed by atoms with Gasteiger partial charge in [-0.3, -0.25) is 4.79 Å². The molecule has 2 heterocycles. The molecule has 4 nitrogen and oxygen atoms in total. The molecule has 25 heavy (non-hydrogen) atoms. The predicted molar refractivity (Wildman–Crippen MR) is 102 cm³/mol. The second kappa shape index (κ2) is 6.49. The van der Waals surface area contributed by atoms with Gasteiger partial charge < -0.3 is 15.1 Å². The van der Waals surface area contributed by atoms with Crippen LogP contribution < -0.4 is 5.73 Å². The van der Waals surface area contributed by atoms with Gasteiger partial charge in [-0.1, -0.05) is 27.7 Å². The number of fused-ring (bicyclic) bond motifs is 1. The normalized spacial score (nSPS) is 20.4. The van der Waals surface area contributed by atoms with Crippen molar-refractivity contribution in [3.8, 4) is 0 Å². The Balaban J connectivity index is 1.83. The summed E-state index contributed by atoms with van der Waals surface area (Å²) in [6, 6.07) is 4.43. The minimum absolute atomic E-state index is 0.0334. The molecule has 0 radical (unpaired) electrons. The molecule has 0 bridgehead atoms. The molecule has 1 aromatic heterocycles. The lowest BCUT2D eigenvalue weighted by molar-refractivity contribution is -0.133. The van der Waals surface area contributed by atoms with Crippen LogP contribution in [0.15, 0.2) is 22.8 Å². The van der Waals surface area contributed by atoms with Crippen LogP contribution in [0.1, 0.15) is 56.7 Å². The lowest BCUT2D eigenvalue weighted by Gasteiger charge is -2.42. The highest BCUT2D eigenvalue weighted by Crippen LogP contribution is 2.31. The number of likely N-dealkylation sites (tertiary alicyclic amines) is 1. The summed E-state index contributed by atoms with van der Waals surface area (Å²) in [4.78, 5) is 14.8. The minimum atomic E-state index is -0.0334. The fourth-order valence-corrected chi connectivity index (χ4v) is 3.87. The van der Waals surface area contributed by atoms with E-state index in [0.29, 0.717) is 12.3 Å². The van der Waals surface area contributed by atoms with Crippen LogP contribution in [0.5, 0.6) is 0 Å². The first kappa shape index (κ1) is 18.0. The molecule has 136 valence electrons. The quantitative estimate of drug-likeness (QED) is 0.917. The Morgan fingerprint density at radius 1 is 1.40 bits per heavy atom. The van der Waals surface area contributed by atoms with Gasteiger partial charge in [0, 0.05) is 30.1 Å². The lowest BCUT2D eigenvalue weighted by atomic mass is 9.79. The summed E-state index contributed by atoms with van der Waals surface area (Å²) in [7, 11) is 0. The maximum atomic E-state index is 12.8. The van der Waals surface area contributed by atoms with Crippen LogP contribution in [-0.4, -0.2) is 29.9 Å². The van der Waals surface area contributed by atoms with Crippen LogP contribution in [-0.2, 0) is 11.2 Å². The van der Waals surface area contributed by atoms with Gasteiger partial charge in [0.1, 0.15) is 5.58 Å². The van der Waals surface area contributed by atoms with Crippen molar-refractivity contribution in [2.45, 2.75) is 59.4 Å². The van der Waals surface area contributed by atoms with E-state index < -0.39 is 0 Å². The maximum absolute atomic E-state index is 12.8. The largest absolute Gasteiger partial charge is 0.464 e. The van der Waals surface area contributed by atoms with Gasteiger partial charge in [-0.15, -0.1) is 0 Å². The third-order valence-corrected chi connectivity index (χ3v) is 5.67. The molecule has 4 heteroatoms. The van der Waals surface area contributed by atoms with Crippen LogP contribution in [0.3, 0.4) is 0 Å². The summed E-state index contributed by atoms with van der Waals surface area (Å²) in [5.41, 5.74) is 10.6. The first-order valence-electron chi connectivity index (χ1n) is 9.23. The average Bonchev–Trinajstić information content (AvgIpc) is 2.90. The molecule has 0 aliphatic carbocycles. The summed E-state index contributed by atoms with van der Waals surface area (Å²) >= 11 is 0. The van der Waals surface area contributed by atoms with Crippen LogP contribution in [0.4, 0.5) is 0 Å². The van der Waals surface area contributed by atoms with Crippen LogP contribution >= 0.6 is 0 Å². The summed E-state index contributed by atoms with van der Waals surface area (Å²) in [6.45, 7) is 12.2. The molecule has 1 aliphatic rings. The Labute approximate surface area is 150 Å². The summed E-state index contributed by atoms with van der Waals surface area (Å²) < 4.78 is 5.72. The number of rotatable bonds is 3. The van der Waals surface area contributed by atoms with Crippen molar-refractivity contribution in [1.82, 2.24) is 4.90 Å². The second-order valence-electron chi connectivity index (χ2n) is 8.50. The van der Waals surface area contributed by atoms with Gasteiger partial charge >= 0.3 is 0 Å². The number of benzene rings is 1. The van der Waals surface area contributed by atoms with E-state index in [4.69, 9.17) is 10.2 Å². The number of piperidine rings is 1. The van der Waals surface area contributed by atoms with Crippen molar-refractivity contribution in [1.29, 1.82) is 0 Å². The molecule has 1 aromatic carbocycles. The molecule has 1 saturated heterocycles. The Morgan fingerprint density at radius 3 is 2.76 bits per heavy atom. The standard InChI is InChI=1S/C21H30N2O2/c1-13(2)16-10-17-15(11-25-18(17)8-14(16)3)9-20(24)23-7-6-19(22)21(4,5)12-23/h8,10-11,13,19H,6-7,9,12,22H2,1-5H3. The maximum Gasteiger partial charge on any atom is 0.227 e. The van der Waals surface area contributed by atoms with Crippen molar-refractivity contribution in [3.63, 3.8) is 0 Å². The Kier molecular flexibility index (Phi) is 4.67. The monoisotopic (exact) mass is 342 g/mol. The summed E-state index contributed by atoms with van der Waals surface area (Å²) in [5.74, 6) is 0.613. The smallest absolute Gasteiger partial charge is 0.227 e. The van der Waals surface area contributed by atoms with Gasteiger partial charge in [-0.05, 0) is 47.9 Å². The molecule has 2 N–H and O–H groups in total. The van der Waals surface area contributed by atoms with Crippen molar-refractivity contribution >= 4 is 16.9 Å². The molecule has 0 saturated carbocycles. The molecule has 0 spiro atoms. The van der Waals surface area contributed by atoms with Gasteiger partial charge in [0.05, 0.1) is 12.7 Å². The molecular formula is C21H30N2O2. The highest BCUT2D eigenvalue weighted by molar-refractivity contribution is 5.88. The molecule has 1 fully saturated rings. The fraction of sp³-hybridized carbons (Fsp3) is 0.571. The van der Waals surface area contributed by atoms with Crippen LogP contribution in [0, 0.1) is 12.3 Å². The number of aryl methyl sites for hydroxylation is 1. The summed E-state index contributed by atoms with van der Waals surface area (Å²) in [5, 5.41) is 1.07. The van der Waals surface area contributed by atoms with E-state index >= 15 is 0 Å². The number of hydrogen-bond acceptors (Lipinski definition) is 3. The van der Waals surface area contributed by atoms with E-state index in [1.54, 1.807) is 6.26 Å². The molecular weight excluding hydrogens is 312 g/mol. The second-order valence-corrected chi connectivity index (χ2v) is 8.50. The zero-order valence-corrected chi connectivity index (χ0v) is 16.1. The number of furan rings is 1. The van der Waals surface area contributed by atoms with Gasteiger partial charge in [0.15, 0.2) is 0 Å². The van der Waals surface area contributed by atoms with Crippen molar-refractivity contribution < 1.29 is 9.21 Å². The minimum Gasteiger partial charge on any atom is -0.464 e. The van der Waals surface area contributed by atoms with Crippen LogP contribution in [0.25, 0.3) is 11.0 Å². The first-order chi connectivity index (χ1) is 11.7. The van der Waals surface area contributed by atoms with E-state index in [1.807, 2.05) is 4.90 Å². The number of amides is 1. The highest BCUT2D eigenvalue weighted by Gasteiger charge is 2.35. The number of carbonyl (C=O) groups is 1. The van der Waals surface area contributed by atoms with E-state index in [-0.39, 0.29) is 17.4 Å². The Hall–Kier alpha value is -1.81. The number of nitrogens with zero attached hydrogens (tertiary/aromatic N) is 1. The average molecular weight is 342 g/mol. The fourth-order valence-electron chi connectivity index (χ4n) is 3.87. The van der Waals surface area contributed by atoms with Crippen LogP contribution in [0.2, 0.25) is 0 Å². The third kappa shape index (κ3) is 3.45. The lowest BCUT2D eigenvalue weighted by Crippen LogP contribution is -2.54.